The first-order valence-corrected chi connectivity index (χ1v) is 6.44. The van der Waals surface area contributed by atoms with Gasteiger partial charge in [-0.05, 0) is 30.2 Å². The van der Waals surface area contributed by atoms with Crippen LogP contribution in [0.1, 0.15) is 34.3 Å². The summed E-state index contributed by atoms with van der Waals surface area (Å²) in [5, 5.41) is 0. The standard InChI is InChI=1S/C15H16F3NO/c1-3-11-8-10(2)13(16)9-12(11)14(20)19-6-4-15(17,18)5-7-19/h3,8-9H,1,4-7H2,2H3. The van der Waals surface area contributed by atoms with Gasteiger partial charge in [0, 0.05) is 31.5 Å². The van der Waals surface area contributed by atoms with E-state index >= 15 is 0 Å². The summed E-state index contributed by atoms with van der Waals surface area (Å²) in [6.07, 6.45) is 0.769. The Balaban J connectivity index is 2.26. The zero-order valence-corrected chi connectivity index (χ0v) is 11.3. The largest absolute Gasteiger partial charge is 0.338 e. The third kappa shape index (κ3) is 2.86. The van der Waals surface area contributed by atoms with Crippen molar-refractivity contribution in [1.82, 2.24) is 4.90 Å². The highest BCUT2D eigenvalue weighted by Crippen LogP contribution is 2.29. The lowest BCUT2D eigenvalue weighted by Gasteiger charge is -2.32. The molecule has 2 rings (SSSR count). The molecule has 0 saturated carbocycles. The number of carbonyl (C=O) groups is 1. The Morgan fingerprint density at radius 3 is 2.50 bits per heavy atom. The van der Waals surface area contributed by atoms with Gasteiger partial charge in [-0.3, -0.25) is 4.79 Å². The molecule has 0 aliphatic carbocycles. The molecule has 108 valence electrons. The Bertz CT molecular complexity index is 544. The number of hydrogen-bond acceptors (Lipinski definition) is 1. The van der Waals surface area contributed by atoms with E-state index in [2.05, 4.69) is 6.58 Å². The van der Waals surface area contributed by atoms with E-state index in [4.69, 9.17) is 0 Å². The Hall–Kier alpha value is -1.78. The van der Waals surface area contributed by atoms with Crippen molar-refractivity contribution < 1.29 is 18.0 Å². The lowest BCUT2D eigenvalue weighted by atomic mass is 10.0. The summed E-state index contributed by atoms with van der Waals surface area (Å²) in [5.74, 6) is -3.62. The fraction of sp³-hybridized carbons (Fsp3) is 0.400. The first-order valence-electron chi connectivity index (χ1n) is 6.44. The van der Waals surface area contributed by atoms with Crippen molar-refractivity contribution in [1.29, 1.82) is 0 Å². The summed E-state index contributed by atoms with van der Waals surface area (Å²) in [4.78, 5) is 13.7. The van der Waals surface area contributed by atoms with Gasteiger partial charge in [0.1, 0.15) is 5.82 Å². The van der Waals surface area contributed by atoms with Gasteiger partial charge in [-0.15, -0.1) is 0 Å². The Kier molecular flexibility index (Phi) is 3.88. The average molecular weight is 283 g/mol. The highest BCUT2D eigenvalue weighted by atomic mass is 19.3. The predicted octanol–water partition coefficient (Wildman–Crippen LogP) is 3.65. The third-order valence-electron chi connectivity index (χ3n) is 3.56. The monoisotopic (exact) mass is 283 g/mol. The van der Waals surface area contributed by atoms with E-state index in [1.807, 2.05) is 0 Å². The molecule has 1 aromatic carbocycles. The molecule has 0 bridgehead atoms. The maximum Gasteiger partial charge on any atom is 0.254 e. The van der Waals surface area contributed by atoms with E-state index < -0.39 is 17.6 Å². The highest BCUT2D eigenvalue weighted by molar-refractivity contribution is 5.98. The van der Waals surface area contributed by atoms with Crippen molar-refractivity contribution in [2.45, 2.75) is 25.7 Å². The van der Waals surface area contributed by atoms with Crippen LogP contribution in [0.3, 0.4) is 0 Å². The van der Waals surface area contributed by atoms with Crippen LogP contribution in [0.15, 0.2) is 18.7 Å². The quantitative estimate of drug-likeness (QED) is 0.811. The summed E-state index contributed by atoms with van der Waals surface area (Å²) in [6, 6.07) is 2.69. The number of nitrogens with zero attached hydrogens (tertiary/aromatic N) is 1. The molecule has 0 spiro atoms. The Labute approximate surface area is 115 Å². The minimum Gasteiger partial charge on any atom is -0.338 e. The number of amides is 1. The van der Waals surface area contributed by atoms with Crippen LogP contribution in [0.2, 0.25) is 0 Å². The number of rotatable bonds is 2. The van der Waals surface area contributed by atoms with Crippen LogP contribution >= 0.6 is 0 Å². The van der Waals surface area contributed by atoms with Crippen LogP contribution in [-0.4, -0.2) is 29.8 Å². The van der Waals surface area contributed by atoms with Crippen molar-refractivity contribution in [2.24, 2.45) is 0 Å². The lowest BCUT2D eigenvalue weighted by molar-refractivity contribution is -0.0494. The summed E-state index contributed by atoms with van der Waals surface area (Å²) < 4.78 is 39.8. The van der Waals surface area contributed by atoms with Crippen LogP contribution in [0.25, 0.3) is 6.08 Å². The molecule has 0 radical (unpaired) electrons. The predicted molar refractivity (Wildman–Crippen MR) is 71.3 cm³/mol. The molecule has 1 aliphatic heterocycles. The Morgan fingerprint density at radius 1 is 1.35 bits per heavy atom. The summed E-state index contributed by atoms with van der Waals surface area (Å²) in [7, 11) is 0. The van der Waals surface area contributed by atoms with Gasteiger partial charge in [-0.1, -0.05) is 12.7 Å². The van der Waals surface area contributed by atoms with Crippen molar-refractivity contribution in [3.63, 3.8) is 0 Å². The van der Waals surface area contributed by atoms with E-state index in [1.54, 1.807) is 6.92 Å². The number of hydrogen-bond donors (Lipinski definition) is 0. The number of likely N-dealkylation sites (tertiary alicyclic amines) is 1. The second kappa shape index (κ2) is 5.31. The molecular formula is C15H16F3NO. The number of piperidine rings is 1. The molecule has 0 aromatic heterocycles. The van der Waals surface area contributed by atoms with Crippen LogP contribution in [0.5, 0.6) is 0 Å². The lowest BCUT2D eigenvalue weighted by Crippen LogP contribution is -2.43. The van der Waals surface area contributed by atoms with E-state index in [9.17, 15) is 18.0 Å². The van der Waals surface area contributed by atoms with Crippen molar-refractivity contribution in [2.75, 3.05) is 13.1 Å². The van der Waals surface area contributed by atoms with Crippen LogP contribution in [0, 0.1) is 12.7 Å². The number of aryl methyl sites for hydroxylation is 1. The van der Waals surface area contributed by atoms with Crippen molar-refractivity contribution in [3.8, 4) is 0 Å². The average Bonchev–Trinajstić information content (AvgIpc) is 2.40. The molecule has 5 heteroatoms. The number of carbonyl (C=O) groups excluding carboxylic acids is 1. The second-order valence-corrected chi connectivity index (χ2v) is 5.04. The van der Waals surface area contributed by atoms with Gasteiger partial charge in [-0.2, -0.15) is 0 Å². The molecule has 20 heavy (non-hydrogen) atoms. The van der Waals surface area contributed by atoms with E-state index in [0.717, 1.165) is 6.07 Å². The van der Waals surface area contributed by atoms with Gasteiger partial charge in [0.25, 0.3) is 11.8 Å². The topological polar surface area (TPSA) is 20.3 Å². The van der Waals surface area contributed by atoms with Gasteiger partial charge in [0.2, 0.25) is 0 Å². The fourth-order valence-electron chi connectivity index (χ4n) is 2.27. The maximum atomic E-state index is 13.6. The summed E-state index contributed by atoms with van der Waals surface area (Å²) in [5.41, 5.74) is 1.11. The molecule has 0 unspecified atom stereocenters. The Morgan fingerprint density at radius 2 is 1.95 bits per heavy atom. The minimum absolute atomic E-state index is 0.0160. The molecule has 0 N–H and O–H groups in total. The van der Waals surface area contributed by atoms with Crippen molar-refractivity contribution in [3.05, 3.63) is 41.2 Å². The first kappa shape index (κ1) is 14.6. The number of halogens is 3. The summed E-state index contributed by atoms with van der Waals surface area (Å²) >= 11 is 0. The van der Waals surface area contributed by atoms with Gasteiger partial charge in [-0.25, -0.2) is 13.2 Å². The molecule has 1 amide bonds. The van der Waals surface area contributed by atoms with Crippen LogP contribution < -0.4 is 0 Å². The van der Waals surface area contributed by atoms with Gasteiger partial charge in [0.15, 0.2) is 0 Å². The van der Waals surface area contributed by atoms with E-state index in [0.29, 0.717) is 11.1 Å². The minimum atomic E-state index is -2.71. The zero-order valence-electron chi connectivity index (χ0n) is 11.3. The fourth-order valence-corrected chi connectivity index (χ4v) is 2.27. The first-order chi connectivity index (χ1) is 9.34. The molecule has 1 saturated heterocycles. The maximum absolute atomic E-state index is 13.6. The van der Waals surface area contributed by atoms with Crippen LogP contribution in [-0.2, 0) is 0 Å². The molecular weight excluding hydrogens is 267 g/mol. The molecule has 1 aromatic rings. The van der Waals surface area contributed by atoms with Crippen LogP contribution in [0.4, 0.5) is 13.2 Å². The summed E-state index contributed by atoms with van der Waals surface area (Å²) in [6.45, 7) is 5.16. The van der Waals surface area contributed by atoms with Gasteiger partial charge in [0.05, 0.1) is 0 Å². The number of alkyl halides is 2. The molecule has 1 heterocycles. The number of benzene rings is 1. The van der Waals surface area contributed by atoms with E-state index in [1.165, 1.54) is 17.0 Å². The molecule has 1 aliphatic rings. The third-order valence-corrected chi connectivity index (χ3v) is 3.56. The highest BCUT2D eigenvalue weighted by Gasteiger charge is 2.36. The SMILES string of the molecule is C=Cc1cc(C)c(F)cc1C(=O)N1CCC(F)(F)CC1. The smallest absolute Gasteiger partial charge is 0.254 e. The molecule has 1 fully saturated rings. The molecule has 0 atom stereocenters. The van der Waals surface area contributed by atoms with Crippen molar-refractivity contribution >= 4 is 12.0 Å². The molecule has 2 nitrogen and oxygen atoms in total. The normalized spacial score (nSPS) is 17.9. The zero-order chi connectivity index (χ0) is 14.9. The van der Waals surface area contributed by atoms with Gasteiger partial charge >= 0.3 is 0 Å². The van der Waals surface area contributed by atoms with E-state index in [-0.39, 0.29) is 31.5 Å². The van der Waals surface area contributed by atoms with Gasteiger partial charge < -0.3 is 4.90 Å². The second-order valence-electron chi connectivity index (χ2n) is 5.04.